The van der Waals surface area contributed by atoms with Crippen LogP contribution in [0.4, 0.5) is 25.1 Å². The van der Waals surface area contributed by atoms with Gasteiger partial charge in [-0.1, -0.05) is 25.1 Å². The van der Waals surface area contributed by atoms with Crippen LogP contribution in [0.25, 0.3) is 0 Å². The molecule has 0 fully saturated rings. The van der Waals surface area contributed by atoms with Gasteiger partial charge in [0.2, 0.25) is 5.91 Å². The Kier molecular flexibility index (Phi) is 7.91. The van der Waals surface area contributed by atoms with E-state index in [2.05, 4.69) is 10.3 Å². The molecule has 3 aromatic rings. The minimum atomic E-state index is -4.35. The number of carbonyl (C=O) groups is 2. The highest BCUT2D eigenvalue weighted by molar-refractivity contribution is 7.91. The maximum atomic E-state index is 13.8. The summed E-state index contributed by atoms with van der Waals surface area (Å²) in [4.78, 5) is 31.6. The monoisotopic (exact) mass is 543 g/mol. The Bertz CT molecular complexity index is 1430. The highest BCUT2D eigenvalue weighted by Crippen LogP contribution is 2.26. The Morgan fingerprint density at radius 3 is 2.42 bits per heavy atom. The van der Waals surface area contributed by atoms with Crippen molar-refractivity contribution in [1.29, 1.82) is 0 Å². The second-order valence-electron chi connectivity index (χ2n) is 8.84. The summed E-state index contributed by atoms with van der Waals surface area (Å²) in [5.74, 6) is -2.09. The molecule has 12 heteroatoms. The third-order valence-electron chi connectivity index (χ3n) is 6.23. The summed E-state index contributed by atoms with van der Waals surface area (Å²) >= 11 is 0. The number of anilines is 2. The van der Waals surface area contributed by atoms with Crippen molar-refractivity contribution in [3.63, 3.8) is 0 Å². The number of urea groups is 1. The number of rotatable bonds is 8. The molecule has 4 rings (SSSR count). The van der Waals surface area contributed by atoms with Crippen molar-refractivity contribution in [2.75, 3.05) is 22.8 Å². The zero-order chi connectivity index (χ0) is 27.4. The minimum absolute atomic E-state index is 0.0936. The van der Waals surface area contributed by atoms with Crippen LogP contribution in [0, 0.1) is 11.6 Å². The number of halogens is 2. The first-order valence-corrected chi connectivity index (χ1v) is 13.4. The Morgan fingerprint density at radius 2 is 1.76 bits per heavy atom. The van der Waals surface area contributed by atoms with Gasteiger partial charge in [0.25, 0.3) is 0 Å². The van der Waals surface area contributed by atoms with Gasteiger partial charge in [-0.2, -0.15) is 8.42 Å². The molecule has 1 aliphatic rings. The number of carbonyl (C=O) groups excluding carboxylic acids is 2. The summed E-state index contributed by atoms with van der Waals surface area (Å²) in [6.45, 7) is 2.09. The average Bonchev–Trinajstić information content (AvgIpc) is 3.32. The van der Waals surface area contributed by atoms with Gasteiger partial charge in [0.05, 0.1) is 0 Å². The van der Waals surface area contributed by atoms with Gasteiger partial charge < -0.3 is 10.2 Å². The Labute approximate surface area is 219 Å². The highest BCUT2D eigenvalue weighted by atomic mass is 32.2. The molecule has 2 heterocycles. The van der Waals surface area contributed by atoms with Crippen molar-refractivity contribution in [2.24, 2.45) is 0 Å². The molecule has 1 atom stereocenters. The number of benzene rings is 2. The number of aryl methyl sites for hydroxylation is 1. The lowest BCUT2D eigenvalue weighted by molar-refractivity contribution is -0.120. The Balaban J connectivity index is 1.55. The molecule has 0 spiro atoms. The summed E-state index contributed by atoms with van der Waals surface area (Å²) in [5, 5.41) is 2.37. The number of likely N-dealkylation sites (N-methyl/N-ethyl adjacent to an activating group) is 1. The lowest BCUT2D eigenvalue weighted by Gasteiger charge is -2.26. The zero-order valence-electron chi connectivity index (χ0n) is 20.8. The molecule has 200 valence electrons. The van der Waals surface area contributed by atoms with E-state index in [-0.39, 0.29) is 24.3 Å². The molecule has 1 aliphatic heterocycles. The van der Waals surface area contributed by atoms with E-state index in [4.69, 9.17) is 0 Å². The molecular weight excluding hydrogens is 516 g/mol. The SMILES string of the molecule is CCc1ccc(N(C)C(=O)[C@H](Cc2cc(F)cc(F)c2)NC(=O)NS(=O)(=O)N2CCc3cccnc32)cc1. The van der Waals surface area contributed by atoms with Gasteiger partial charge in [0, 0.05) is 38.0 Å². The lowest BCUT2D eigenvalue weighted by Crippen LogP contribution is -2.54. The number of nitrogens with zero attached hydrogens (tertiary/aromatic N) is 3. The third-order valence-corrected chi connectivity index (χ3v) is 7.61. The van der Waals surface area contributed by atoms with Crippen molar-refractivity contribution in [3.8, 4) is 0 Å². The number of nitrogens with one attached hydrogen (secondary N) is 2. The standard InChI is InChI=1S/C26H27F2N5O4S/c1-3-17-6-8-22(9-7-17)32(2)25(34)23(15-18-13-20(27)16-21(28)14-18)30-26(35)31-38(36,37)33-12-10-19-5-4-11-29-24(19)33/h4-9,11,13-14,16,23H,3,10,12,15H2,1-2H3,(H2,30,31,35)/t23-/m0/s1. The average molecular weight is 544 g/mol. The quantitative estimate of drug-likeness (QED) is 0.454. The van der Waals surface area contributed by atoms with Crippen molar-refractivity contribution in [3.05, 3.63) is 89.1 Å². The molecule has 1 aromatic heterocycles. The largest absolute Gasteiger partial charge is 0.330 e. The number of pyridine rings is 1. The molecule has 0 radical (unpaired) electrons. The summed E-state index contributed by atoms with van der Waals surface area (Å²) in [5.41, 5.74) is 2.41. The molecular formula is C26H27F2N5O4S. The van der Waals surface area contributed by atoms with E-state index in [9.17, 15) is 26.8 Å². The normalized spacial score (nSPS) is 13.5. The van der Waals surface area contributed by atoms with E-state index >= 15 is 0 Å². The molecule has 0 saturated heterocycles. The third kappa shape index (κ3) is 6.08. The molecule has 0 aliphatic carbocycles. The van der Waals surface area contributed by atoms with E-state index in [0.29, 0.717) is 18.2 Å². The summed E-state index contributed by atoms with van der Waals surface area (Å²) in [6, 6.07) is 10.9. The van der Waals surface area contributed by atoms with Crippen LogP contribution in [0.2, 0.25) is 0 Å². The van der Waals surface area contributed by atoms with Crippen molar-refractivity contribution < 1.29 is 26.8 Å². The molecule has 2 aromatic carbocycles. The first-order valence-electron chi connectivity index (χ1n) is 11.9. The lowest BCUT2D eigenvalue weighted by atomic mass is 10.0. The van der Waals surface area contributed by atoms with E-state index in [1.54, 1.807) is 24.3 Å². The molecule has 9 nitrogen and oxygen atoms in total. The fraction of sp³-hybridized carbons (Fsp3) is 0.269. The second kappa shape index (κ2) is 11.1. The van der Waals surface area contributed by atoms with Gasteiger partial charge >= 0.3 is 16.2 Å². The van der Waals surface area contributed by atoms with Gasteiger partial charge in [0.15, 0.2) is 0 Å². The van der Waals surface area contributed by atoms with Crippen LogP contribution in [-0.4, -0.2) is 45.0 Å². The molecule has 0 unspecified atom stereocenters. The predicted molar refractivity (Wildman–Crippen MR) is 139 cm³/mol. The zero-order valence-corrected chi connectivity index (χ0v) is 21.6. The first-order chi connectivity index (χ1) is 18.1. The number of amides is 3. The molecule has 38 heavy (non-hydrogen) atoms. The minimum Gasteiger partial charge on any atom is -0.325 e. The van der Waals surface area contributed by atoms with E-state index < -0.39 is 39.8 Å². The topological polar surface area (TPSA) is 112 Å². The van der Waals surface area contributed by atoms with Crippen LogP contribution in [0.3, 0.4) is 0 Å². The summed E-state index contributed by atoms with van der Waals surface area (Å²) < 4.78 is 56.4. The van der Waals surface area contributed by atoms with E-state index in [1.165, 1.54) is 18.1 Å². The van der Waals surface area contributed by atoms with Gasteiger partial charge in [-0.15, -0.1) is 0 Å². The van der Waals surface area contributed by atoms with Crippen LogP contribution < -0.4 is 19.2 Å². The van der Waals surface area contributed by atoms with Gasteiger partial charge in [-0.3, -0.25) is 4.79 Å². The second-order valence-corrected chi connectivity index (χ2v) is 10.4. The number of aromatic nitrogens is 1. The summed E-state index contributed by atoms with van der Waals surface area (Å²) in [7, 11) is -2.85. The molecule has 0 saturated carbocycles. The Hall–Kier alpha value is -4.06. The van der Waals surface area contributed by atoms with Crippen LogP contribution >= 0.6 is 0 Å². The van der Waals surface area contributed by atoms with Gasteiger partial charge in [-0.05, 0) is 59.9 Å². The van der Waals surface area contributed by atoms with Gasteiger partial charge in [-0.25, -0.2) is 27.6 Å². The fourth-order valence-electron chi connectivity index (χ4n) is 4.25. The van der Waals surface area contributed by atoms with Crippen LogP contribution in [0.1, 0.15) is 23.6 Å². The number of hydrogen-bond acceptors (Lipinski definition) is 5. The molecule has 2 N–H and O–H groups in total. The highest BCUT2D eigenvalue weighted by Gasteiger charge is 2.33. The Morgan fingerprint density at radius 1 is 1.08 bits per heavy atom. The number of hydrogen-bond donors (Lipinski definition) is 2. The maximum Gasteiger partial charge on any atom is 0.330 e. The van der Waals surface area contributed by atoms with Crippen LogP contribution in [0.5, 0.6) is 0 Å². The molecule has 0 bridgehead atoms. The van der Waals surface area contributed by atoms with E-state index in [0.717, 1.165) is 34.0 Å². The first kappa shape index (κ1) is 27.0. The fourth-order valence-corrected chi connectivity index (χ4v) is 5.38. The summed E-state index contributed by atoms with van der Waals surface area (Å²) in [6.07, 6.45) is 2.40. The predicted octanol–water partition coefficient (Wildman–Crippen LogP) is 3.10. The van der Waals surface area contributed by atoms with E-state index in [1.807, 2.05) is 23.8 Å². The van der Waals surface area contributed by atoms with Crippen LogP contribution in [0.15, 0.2) is 60.8 Å². The van der Waals surface area contributed by atoms with Gasteiger partial charge in [0.1, 0.15) is 23.5 Å². The van der Waals surface area contributed by atoms with Crippen molar-refractivity contribution in [1.82, 2.24) is 15.0 Å². The van der Waals surface area contributed by atoms with Crippen LogP contribution in [-0.2, 0) is 34.3 Å². The smallest absolute Gasteiger partial charge is 0.325 e. The van der Waals surface area contributed by atoms with Crippen molar-refractivity contribution in [2.45, 2.75) is 32.2 Å². The maximum absolute atomic E-state index is 13.8. The van der Waals surface area contributed by atoms with Crippen molar-refractivity contribution >= 4 is 33.7 Å². The number of fused-ring (bicyclic) bond motifs is 1. The molecule has 3 amide bonds.